The molecular weight excluding hydrogens is 232 g/mol. The van der Waals surface area contributed by atoms with Crippen LogP contribution in [0.25, 0.3) is 0 Å². The number of rotatable bonds is 4. The number of likely N-dealkylation sites (N-methyl/N-ethyl adjacent to an activating group) is 1. The highest BCUT2D eigenvalue weighted by molar-refractivity contribution is 5.54. The Morgan fingerprint density at radius 1 is 1.11 bits per heavy atom. The van der Waals surface area contributed by atoms with E-state index >= 15 is 0 Å². The molecule has 2 aromatic rings. The number of hydrogen-bond donors (Lipinski definition) is 1. The van der Waals surface area contributed by atoms with Crippen LogP contribution in [0.15, 0.2) is 48.5 Å². The van der Waals surface area contributed by atoms with E-state index in [0.717, 1.165) is 6.54 Å². The van der Waals surface area contributed by atoms with Crippen molar-refractivity contribution in [1.29, 1.82) is 0 Å². The van der Waals surface area contributed by atoms with E-state index in [1.165, 1.54) is 28.8 Å². The molecule has 0 aliphatic heterocycles. The molecule has 1 unspecified atom stereocenters. The second kappa shape index (κ2) is 5.06. The summed E-state index contributed by atoms with van der Waals surface area (Å²) in [5.74, 6) is 0.659. The average Bonchev–Trinajstić information content (AvgIpc) is 2.44. The van der Waals surface area contributed by atoms with Crippen molar-refractivity contribution in [3.8, 4) is 0 Å². The van der Waals surface area contributed by atoms with Crippen LogP contribution in [0.2, 0.25) is 0 Å². The minimum Gasteiger partial charge on any atom is -0.374 e. The second-order valence-electron chi connectivity index (χ2n) is 5.31. The fraction of sp³-hybridized carbons (Fsp3) is 0.294. The summed E-state index contributed by atoms with van der Waals surface area (Å²) in [6, 6.07) is 17.2. The maximum absolute atomic E-state index is 5.82. The van der Waals surface area contributed by atoms with E-state index in [0.29, 0.717) is 12.5 Å². The Morgan fingerprint density at radius 2 is 1.84 bits per heavy atom. The lowest BCUT2D eigenvalue weighted by Gasteiger charge is -2.34. The van der Waals surface area contributed by atoms with Gasteiger partial charge in [0, 0.05) is 31.7 Å². The molecule has 2 N–H and O–H groups in total. The van der Waals surface area contributed by atoms with Gasteiger partial charge in [-0.15, -0.1) is 0 Å². The van der Waals surface area contributed by atoms with Crippen molar-refractivity contribution in [1.82, 2.24) is 0 Å². The highest BCUT2D eigenvalue weighted by Crippen LogP contribution is 2.36. The predicted molar refractivity (Wildman–Crippen MR) is 80.5 cm³/mol. The lowest BCUT2D eigenvalue weighted by atomic mass is 9.77. The number of nitrogens with zero attached hydrogens (tertiary/aromatic N) is 1. The minimum atomic E-state index is 0.599. The first-order valence-electron chi connectivity index (χ1n) is 6.86. The predicted octanol–water partition coefficient (Wildman–Crippen LogP) is 2.92. The normalized spacial score (nSPS) is 16.6. The summed E-state index contributed by atoms with van der Waals surface area (Å²) >= 11 is 0. The van der Waals surface area contributed by atoms with Gasteiger partial charge >= 0.3 is 0 Å². The zero-order chi connectivity index (χ0) is 13.2. The zero-order valence-electron chi connectivity index (χ0n) is 11.3. The van der Waals surface area contributed by atoms with Gasteiger partial charge in [-0.25, -0.2) is 0 Å². The molecule has 1 aliphatic rings. The number of para-hydroxylation sites is 1. The Labute approximate surface area is 114 Å². The fourth-order valence-electron chi connectivity index (χ4n) is 3.01. The zero-order valence-corrected chi connectivity index (χ0v) is 11.3. The molecule has 0 radical (unpaired) electrons. The first kappa shape index (κ1) is 12.2. The van der Waals surface area contributed by atoms with Gasteiger partial charge in [0.25, 0.3) is 0 Å². The first-order valence-corrected chi connectivity index (χ1v) is 6.86. The van der Waals surface area contributed by atoms with Crippen LogP contribution in [-0.2, 0) is 13.0 Å². The molecule has 2 heteroatoms. The molecule has 19 heavy (non-hydrogen) atoms. The molecule has 0 bridgehead atoms. The van der Waals surface area contributed by atoms with Crippen molar-refractivity contribution in [3.05, 3.63) is 65.2 Å². The number of benzene rings is 2. The molecule has 0 heterocycles. The van der Waals surface area contributed by atoms with Crippen LogP contribution in [0.4, 0.5) is 5.69 Å². The molecule has 1 aliphatic carbocycles. The molecule has 2 aromatic carbocycles. The summed E-state index contributed by atoms with van der Waals surface area (Å²) in [6.07, 6.45) is 1.20. The van der Waals surface area contributed by atoms with Crippen molar-refractivity contribution in [2.75, 3.05) is 18.5 Å². The summed E-state index contributed by atoms with van der Waals surface area (Å²) < 4.78 is 0. The summed E-state index contributed by atoms with van der Waals surface area (Å²) in [4.78, 5) is 2.34. The van der Waals surface area contributed by atoms with Crippen LogP contribution in [0.3, 0.4) is 0 Å². The number of anilines is 1. The van der Waals surface area contributed by atoms with E-state index in [9.17, 15) is 0 Å². The number of hydrogen-bond acceptors (Lipinski definition) is 2. The minimum absolute atomic E-state index is 0.599. The van der Waals surface area contributed by atoms with Crippen LogP contribution >= 0.6 is 0 Å². The first-order chi connectivity index (χ1) is 9.29. The van der Waals surface area contributed by atoms with Crippen LogP contribution in [0.1, 0.15) is 22.6 Å². The van der Waals surface area contributed by atoms with Crippen LogP contribution < -0.4 is 10.6 Å². The lowest BCUT2D eigenvalue weighted by molar-refractivity contribution is 0.600. The van der Waals surface area contributed by atoms with Gasteiger partial charge in [-0.2, -0.15) is 0 Å². The quantitative estimate of drug-likeness (QED) is 0.906. The summed E-state index contributed by atoms with van der Waals surface area (Å²) in [6.45, 7) is 1.66. The van der Waals surface area contributed by atoms with Gasteiger partial charge in [0.05, 0.1) is 0 Å². The molecule has 2 nitrogen and oxygen atoms in total. The van der Waals surface area contributed by atoms with Gasteiger partial charge in [0.1, 0.15) is 0 Å². The third kappa shape index (κ3) is 2.24. The molecule has 1 atom stereocenters. The largest absolute Gasteiger partial charge is 0.374 e. The standard InChI is InChI=1S/C17H20N2/c1-19(17-9-5-3-7-14(17)11-18)12-15-10-13-6-2-4-8-16(13)15/h2-9,15H,10-12,18H2,1H3. The smallest absolute Gasteiger partial charge is 0.0409 e. The number of nitrogens with two attached hydrogens (primary N) is 1. The molecule has 0 amide bonds. The van der Waals surface area contributed by atoms with Gasteiger partial charge in [-0.05, 0) is 29.2 Å². The van der Waals surface area contributed by atoms with Crippen LogP contribution in [0.5, 0.6) is 0 Å². The van der Waals surface area contributed by atoms with Crippen LogP contribution in [0, 0.1) is 0 Å². The van der Waals surface area contributed by atoms with Crippen molar-refractivity contribution in [3.63, 3.8) is 0 Å². The Kier molecular flexibility index (Phi) is 3.26. The third-order valence-electron chi connectivity index (χ3n) is 4.08. The average molecular weight is 252 g/mol. The Balaban J connectivity index is 1.75. The highest BCUT2D eigenvalue weighted by atomic mass is 15.1. The van der Waals surface area contributed by atoms with Crippen molar-refractivity contribution in [2.45, 2.75) is 18.9 Å². The summed E-state index contributed by atoms with van der Waals surface area (Å²) in [7, 11) is 2.16. The van der Waals surface area contributed by atoms with E-state index in [4.69, 9.17) is 5.73 Å². The highest BCUT2D eigenvalue weighted by Gasteiger charge is 2.26. The fourth-order valence-corrected chi connectivity index (χ4v) is 3.01. The molecule has 0 saturated heterocycles. The number of fused-ring (bicyclic) bond motifs is 1. The summed E-state index contributed by atoms with van der Waals surface area (Å²) in [5.41, 5.74) is 11.3. The van der Waals surface area contributed by atoms with Crippen molar-refractivity contribution >= 4 is 5.69 Å². The van der Waals surface area contributed by atoms with Crippen molar-refractivity contribution in [2.24, 2.45) is 5.73 Å². The van der Waals surface area contributed by atoms with E-state index in [1.54, 1.807) is 0 Å². The maximum atomic E-state index is 5.82. The Morgan fingerprint density at radius 3 is 2.63 bits per heavy atom. The maximum Gasteiger partial charge on any atom is 0.0409 e. The monoisotopic (exact) mass is 252 g/mol. The Hall–Kier alpha value is -1.80. The van der Waals surface area contributed by atoms with E-state index in [1.807, 2.05) is 0 Å². The van der Waals surface area contributed by atoms with Gasteiger partial charge in [0.2, 0.25) is 0 Å². The summed E-state index contributed by atoms with van der Waals surface area (Å²) in [5, 5.41) is 0. The molecule has 3 rings (SSSR count). The van der Waals surface area contributed by atoms with E-state index in [2.05, 4.69) is 60.5 Å². The SMILES string of the molecule is CN(CC1Cc2ccccc21)c1ccccc1CN. The van der Waals surface area contributed by atoms with Gasteiger partial charge in [-0.3, -0.25) is 0 Å². The molecule has 0 fully saturated rings. The molecule has 0 aromatic heterocycles. The molecule has 0 spiro atoms. The van der Waals surface area contributed by atoms with Crippen molar-refractivity contribution < 1.29 is 0 Å². The second-order valence-corrected chi connectivity index (χ2v) is 5.31. The third-order valence-corrected chi connectivity index (χ3v) is 4.08. The lowest BCUT2D eigenvalue weighted by Crippen LogP contribution is -2.31. The van der Waals surface area contributed by atoms with Gasteiger partial charge in [0.15, 0.2) is 0 Å². The molecule has 0 saturated carbocycles. The topological polar surface area (TPSA) is 29.3 Å². The molecule has 98 valence electrons. The van der Waals surface area contributed by atoms with Crippen LogP contribution in [-0.4, -0.2) is 13.6 Å². The van der Waals surface area contributed by atoms with E-state index in [-0.39, 0.29) is 0 Å². The van der Waals surface area contributed by atoms with E-state index < -0.39 is 0 Å². The Bertz CT molecular complexity index is 577. The van der Waals surface area contributed by atoms with Gasteiger partial charge < -0.3 is 10.6 Å². The van der Waals surface area contributed by atoms with Gasteiger partial charge in [-0.1, -0.05) is 42.5 Å². The molecular formula is C17H20N2.